The second-order valence-corrected chi connectivity index (χ2v) is 3.52. The fourth-order valence-corrected chi connectivity index (χ4v) is 1.54. The van der Waals surface area contributed by atoms with Gasteiger partial charge in [-0.2, -0.15) is 0 Å². The molecule has 1 rings (SSSR count). The van der Waals surface area contributed by atoms with Gasteiger partial charge in [-0.1, -0.05) is 0 Å². The monoisotopic (exact) mass is 200 g/mol. The van der Waals surface area contributed by atoms with Crippen LogP contribution in [0.5, 0.6) is 0 Å². The Kier molecular flexibility index (Phi) is 5.64. The molecular formula is C11H20O3. The summed E-state index contributed by atoms with van der Waals surface area (Å²) in [6, 6.07) is 0. The number of rotatable bonds is 6. The topological polar surface area (TPSA) is 38.7 Å². The summed E-state index contributed by atoms with van der Waals surface area (Å²) in [6.45, 7) is 4.26. The number of aliphatic hydroxyl groups is 1. The van der Waals surface area contributed by atoms with Gasteiger partial charge < -0.3 is 14.6 Å². The maximum Gasteiger partial charge on any atom is 0.0876 e. The maximum atomic E-state index is 9.77. The number of ether oxygens (including phenoxy) is 2. The zero-order valence-corrected chi connectivity index (χ0v) is 8.87. The van der Waals surface area contributed by atoms with E-state index >= 15 is 0 Å². The van der Waals surface area contributed by atoms with Crippen molar-refractivity contribution in [2.24, 2.45) is 0 Å². The smallest absolute Gasteiger partial charge is 0.0876 e. The van der Waals surface area contributed by atoms with E-state index in [2.05, 4.69) is 0 Å². The van der Waals surface area contributed by atoms with Crippen molar-refractivity contribution in [3.8, 4) is 0 Å². The molecule has 82 valence electrons. The van der Waals surface area contributed by atoms with E-state index in [0.717, 1.165) is 51.1 Å². The Hall–Kier alpha value is -0.540. The summed E-state index contributed by atoms with van der Waals surface area (Å²) in [5, 5.41) is 9.77. The molecule has 0 aromatic heterocycles. The molecule has 0 bridgehead atoms. The number of hydrogen-bond donors (Lipinski definition) is 1. The Bertz CT molecular complexity index is 177. The average Bonchev–Trinajstić information content (AvgIpc) is 2.25. The van der Waals surface area contributed by atoms with Crippen molar-refractivity contribution in [2.75, 3.05) is 19.8 Å². The average molecular weight is 200 g/mol. The Morgan fingerprint density at radius 2 is 2.50 bits per heavy atom. The predicted molar refractivity (Wildman–Crippen MR) is 55.0 cm³/mol. The van der Waals surface area contributed by atoms with Gasteiger partial charge in [0.25, 0.3) is 0 Å². The second kappa shape index (κ2) is 6.85. The van der Waals surface area contributed by atoms with Gasteiger partial charge in [0.2, 0.25) is 0 Å². The van der Waals surface area contributed by atoms with Gasteiger partial charge in [0.05, 0.1) is 19.0 Å². The highest BCUT2D eigenvalue weighted by molar-refractivity contribution is 5.06. The standard InChI is InChI=1S/C11H20O3/c1-2-13-7-4-6-11(12)10-5-3-8-14-9-10/h9,11-12H,2-8H2,1H3. The van der Waals surface area contributed by atoms with Gasteiger partial charge in [-0.25, -0.2) is 0 Å². The molecule has 1 heterocycles. The maximum absolute atomic E-state index is 9.77. The molecule has 0 fully saturated rings. The normalized spacial score (nSPS) is 18.6. The molecule has 0 amide bonds. The van der Waals surface area contributed by atoms with Crippen LogP contribution in [0.1, 0.15) is 32.6 Å². The van der Waals surface area contributed by atoms with E-state index in [0.29, 0.717) is 0 Å². The zero-order chi connectivity index (χ0) is 10.2. The first-order valence-electron chi connectivity index (χ1n) is 5.41. The fraction of sp³-hybridized carbons (Fsp3) is 0.818. The third kappa shape index (κ3) is 4.11. The minimum atomic E-state index is -0.337. The molecule has 0 aromatic rings. The molecule has 0 saturated carbocycles. The van der Waals surface area contributed by atoms with Crippen molar-refractivity contribution in [1.82, 2.24) is 0 Å². The molecule has 1 N–H and O–H groups in total. The Morgan fingerprint density at radius 1 is 1.64 bits per heavy atom. The summed E-state index contributed by atoms with van der Waals surface area (Å²) in [5.74, 6) is 0. The van der Waals surface area contributed by atoms with E-state index in [1.54, 1.807) is 6.26 Å². The van der Waals surface area contributed by atoms with Crippen LogP contribution >= 0.6 is 0 Å². The van der Waals surface area contributed by atoms with Gasteiger partial charge in [-0.15, -0.1) is 0 Å². The van der Waals surface area contributed by atoms with Crippen LogP contribution in [0.2, 0.25) is 0 Å². The Morgan fingerprint density at radius 3 is 3.14 bits per heavy atom. The van der Waals surface area contributed by atoms with Crippen LogP contribution in [-0.2, 0) is 9.47 Å². The molecule has 1 aliphatic heterocycles. The summed E-state index contributed by atoms with van der Waals surface area (Å²) < 4.78 is 10.4. The van der Waals surface area contributed by atoms with Crippen molar-refractivity contribution in [1.29, 1.82) is 0 Å². The minimum Gasteiger partial charge on any atom is -0.501 e. The van der Waals surface area contributed by atoms with Crippen molar-refractivity contribution < 1.29 is 14.6 Å². The number of aliphatic hydroxyl groups excluding tert-OH is 1. The van der Waals surface area contributed by atoms with E-state index in [9.17, 15) is 5.11 Å². The Labute approximate surface area is 85.7 Å². The highest BCUT2D eigenvalue weighted by Crippen LogP contribution is 2.18. The van der Waals surface area contributed by atoms with Crippen LogP contribution in [0, 0.1) is 0 Å². The van der Waals surface area contributed by atoms with E-state index in [-0.39, 0.29) is 6.10 Å². The number of hydrogen-bond acceptors (Lipinski definition) is 3. The fourth-order valence-electron chi connectivity index (χ4n) is 1.54. The van der Waals surface area contributed by atoms with E-state index < -0.39 is 0 Å². The van der Waals surface area contributed by atoms with Crippen LogP contribution in [0.4, 0.5) is 0 Å². The van der Waals surface area contributed by atoms with Gasteiger partial charge >= 0.3 is 0 Å². The van der Waals surface area contributed by atoms with Crippen LogP contribution < -0.4 is 0 Å². The summed E-state index contributed by atoms with van der Waals surface area (Å²) in [6.07, 6.45) is 5.05. The predicted octanol–water partition coefficient (Wildman–Crippen LogP) is 1.86. The quantitative estimate of drug-likeness (QED) is 0.665. The van der Waals surface area contributed by atoms with Gasteiger partial charge in [0.1, 0.15) is 0 Å². The van der Waals surface area contributed by atoms with Crippen molar-refractivity contribution in [2.45, 2.75) is 38.7 Å². The zero-order valence-electron chi connectivity index (χ0n) is 8.87. The largest absolute Gasteiger partial charge is 0.501 e. The highest BCUT2D eigenvalue weighted by Gasteiger charge is 2.13. The lowest BCUT2D eigenvalue weighted by atomic mass is 10.0. The van der Waals surface area contributed by atoms with Gasteiger partial charge in [-0.05, 0) is 38.2 Å². The molecule has 3 nitrogen and oxygen atoms in total. The molecule has 0 saturated heterocycles. The van der Waals surface area contributed by atoms with Crippen LogP contribution in [0.25, 0.3) is 0 Å². The summed E-state index contributed by atoms with van der Waals surface area (Å²) in [5.41, 5.74) is 1.03. The Balaban J connectivity index is 2.13. The molecule has 1 unspecified atom stereocenters. The van der Waals surface area contributed by atoms with Crippen molar-refractivity contribution in [3.05, 3.63) is 11.8 Å². The first kappa shape index (κ1) is 11.5. The molecule has 14 heavy (non-hydrogen) atoms. The summed E-state index contributed by atoms with van der Waals surface area (Å²) >= 11 is 0. The first-order valence-corrected chi connectivity index (χ1v) is 5.41. The molecule has 0 radical (unpaired) electrons. The summed E-state index contributed by atoms with van der Waals surface area (Å²) in [7, 11) is 0. The van der Waals surface area contributed by atoms with Gasteiger partial charge in [0, 0.05) is 13.2 Å². The summed E-state index contributed by atoms with van der Waals surface area (Å²) in [4.78, 5) is 0. The van der Waals surface area contributed by atoms with Gasteiger partial charge in [-0.3, -0.25) is 0 Å². The van der Waals surface area contributed by atoms with Crippen molar-refractivity contribution in [3.63, 3.8) is 0 Å². The molecule has 0 spiro atoms. The lowest BCUT2D eigenvalue weighted by molar-refractivity contribution is 0.119. The molecule has 1 atom stereocenters. The third-order valence-electron chi connectivity index (χ3n) is 2.36. The van der Waals surface area contributed by atoms with Crippen LogP contribution in [0.15, 0.2) is 11.8 Å². The molecule has 3 heteroatoms. The van der Waals surface area contributed by atoms with E-state index in [4.69, 9.17) is 9.47 Å². The van der Waals surface area contributed by atoms with Crippen molar-refractivity contribution >= 4 is 0 Å². The van der Waals surface area contributed by atoms with Gasteiger partial charge in [0.15, 0.2) is 0 Å². The van der Waals surface area contributed by atoms with E-state index in [1.165, 1.54) is 0 Å². The molecule has 1 aliphatic rings. The first-order chi connectivity index (χ1) is 6.84. The SMILES string of the molecule is CCOCCCC(O)C1=COCCC1. The molecule has 0 aromatic carbocycles. The highest BCUT2D eigenvalue weighted by atomic mass is 16.5. The second-order valence-electron chi connectivity index (χ2n) is 3.52. The third-order valence-corrected chi connectivity index (χ3v) is 2.36. The van der Waals surface area contributed by atoms with Crippen LogP contribution in [-0.4, -0.2) is 31.0 Å². The minimum absolute atomic E-state index is 0.337. The lowest BCUT2D eigenvalue weighted by Crippen LogP contribution is -2.15. The lowest BCUT2D eigenvalue weighted by Gasteiger charge is -2.18. The van der Waals surface area contributed by atoms with E-state index in [1.807, 2.05) is 6.92 Å². The van der Waals surface area contributed by atoms with Crippen LogP contribution in [0.3, 0.4) is 0 Å². The molecule has 0 aliphatic carbocycles. The molecular weight excluding hydrogens is 180 g/mol.